The summed E-state index contributed by atoms with van der Waals surface area (Å²) >= 11 is 0. The fourth-order valence-corrected chi connectivity index (χ4v) is 4.20. The van der Waals surface area contributed by atoms with Gasteiger partial charge in [-0.05, 0) is 30.9 Å². The lowest BCUT2D eigenvalue weighted by molar-refractivity contribution is -0.121. The smallest absolute Gasteiger partial charge is 0.249 e. The van der Waals surface area contributed by atoms with Gasteiger partial charge in [0.1, 0.15) is 0 Å². The van der Waals surface area contributed by atoms with Crippen LogP contribution in [0.1, 0.15) is 35.2 Å². The van der Waals surface area contributed by atoms with Gasteiger partial charge in [0.25, 0.3) is 0 Å². The lowest BCUT2D eigenvalue weighted by Crippen LogP contribution is -2.53. The minimum atomic E-state index is -3.70. The second-order valence-corrected chi connectivity index (χ2v) is 8.49. The van der Waals surface area contributed by atoms with Gasteiger partial charge in [0.2, 0.25) is 11.8 Å². The summed E-state index contributed by atoms with van der Waals surface area (Å²) in [7, 11) is -3.70. The van der Waals surface area contributed by atoms with Crippen LogP contribution in [0.4, 0.5) is 0 Å². The zero-order valence-corrected chi connectivity index (χ0v) is 15.0. The van der Waals surface area contributed by atoms with Gasteiger partial charge >= 0.3 is 0 Å². The van der Waals surface area contributed by atoms with Gasteiger partial charge in [-0.15, -0.1) is 0 Å². The van der Waals surface area contributed by atoms with Crippen molar-refractivity contribution in [3.05, 3.63) is 41.8 Å². The first-order valence-electron chi connectivity index (χ1n) is 8.27. The molecule has 1 radical (unpaired) electrons. The van der Waals surface area contributed by atoms with Gasteiger partial charge in [-0.2, -0.15) is 0 Å². The lowest BCUT2D eigenvalue weighted by atomic mass is 9.90. The fourth-order valence-electron chi connectivity index (χ4n) is 2.95. The molecule has 1 aromatic carbocycles. The Morgan fingerprint density at radius 1 is 1.19 bits per heavy atom. The van der Waals surface area contributed by atoms with Crippen LogP contribution in [-0.4, -0.2) is 54.4 Å². The summed E-state index contributed by atoms with van der Waals surface area (Å²) in [5.41, 5.74) is 5.62. The first kappa shape index (κ1) is 20.3. The van der Waals surface area contributed by atoms with Crippen molar-refractivity contribution >= 4 is 21.7 Å². The largest absolute Gasteiger partial charge is 0.391 e. The van der Waals surface area contributed by atoms with E-state index in [1.807, 2.05) is 0 Å². The molecule has 0 aliphatic heterocycles. The van der Waals surface area contributed by atoms with Crippen LogP contribution in [0.2, 0.25) is 0 Å². The Hall–Kier alpha value is -1.97. The first-order valence-corrected chi connectivity index (χ1v) is 10.1. The molecule has 0 saturated heterocycles. The molecule has 9 heteroatoms. The van der Waals surface area contributed by atoms with E-state index in [-0.39, 0.29) is 11.1 Å². The van der Waals surface area contributed by atoms with Crippen molar-refractivity contribution in [2.45, 2.75) is 43.3 Å². The third-order valence-electron chi connectivity index (χ3n) is 4.32. The molecule has 3 atom stereocenters. The number of nitrogens with two attached hydrogens (primary N) is 1. The van der Waals surface area contributed by atoms with Crippen molar-refractivity contribution in [3.63, 3.8) is 0 Å². The number of carbonyl (C=O) groups is 2. The van der Waals surface area contributed by atoms with Crippen LogP contribution in [0.5, 0.6) is 0 Å². The zero-order chi connectivity index (χ0) is 19.3. The Labute approximate surface area is 152 Å². The monoisotopic (exact) mass is 383 g/mol. The molecule has 1 saturated carbocycles. The molecular weight excluding hydrogens is 360 g/mol. The molecule has 1 aliphatic rings. The van der Waals surface area contributed by atoms with E-state index in [4.69, 9.17) is 5.73 Å². The maximum atomic E-state index is 12.2. The second kappa shape index (κ2) is 8.61. The van der Waals surface area contributed by atoms with Gasteiger partial charge in [-0.1, -0.05) is 18.2 Å². The molecule has 1 fully saturated rings. The Bertz CT molecular complexity index is 754. The molecule has 1 aromatic rings. The van der Waals surface area contributed by atoms with E-state index in [0.717, 1.165) is 6.42 Å². The van der Waals surface area contributed by atoms with Crippen LogP contribution in [0.25, 0.3) is 0 Å². The molecule has 26 heavy (non-hydrogen) atoms. The van der Waals surface area contributed by atoms with Crippen molar-refractivity contribution in [2.24, 2.45) is 5.73 Å². The van der Waals surface area contributed by atoms with Crippen LogP contribution in [0, 0.1) is 6.42 Å². The summed E-state index contributed by atoms with van der Waals surface area (Å²) in [4.78, 5) is 23.3. The molecule has 2 amide bonds. The predicted octanol–water partition coefficient (Wildman–Crippen LogP) is -0.705. The van der Waals surface area contributed by atoms with E-state index >= 15 is 0 Å². The minimum absolute atomic E-state index is 0.119. The third kappa shape index (κ3) is 5.52. The molecule has 5 N–H and O–H groups in total. The molecule has 0 spiro atoms. The number of benzene rings is 1. The number of aliphatic hydroxyl groups is 2. The highest BCUT2D eigenvalue weighted by Gasteiger charge is 2.32. The van der Waals surface area contributed by atoms with Crippen LogP contribution in [-0.2, 0) is 20.4 Å². The molecule has 143 valence electrons. The number of aliphatic hydroxyl groups excluding tert-OH is 2. The Morgan fingerprint density at radius 3 is 2.42 bits per heavy atom. The summed E-state index contributed by atoms with van der Waals surface area (Å²) in [6, 6.07) is 5.30. The maximum absolute atomic E-state index is 12.2. The van der Waals surface area contributed by atoms with Gasteiger partial charge in [-0.3, -0.25) is 9.59 Å². The molecule has 0 bridgehead atoms. The van der Waals surface area contributed by atoms with E-state index in [1.54, 1.807) is 12.1 Å². The summed E-state index contributed by atoms with van der Waals surface area (Å²) in [6.07, 6.45) is 0.807. The Balaban J connectivity index is 1.93. The Morgan fingerprint density at radius 2 is 1.81 bits per heavy atom. The molecule has 1 aliphatic carbocycles. The van der Waals surface area contributed by atoms with Gasteiger partial charge in [0.05, 0.1) is 36.2 Å². The summed E-state index contributed by atoms with van der Waals surface area (Å²) in [5, 5.41) is 22.1. The molecule has 8 nitrogen and oxygen atoms in total. The van der Waals surface area contributed by atoms with Crippen molar-refractivity contribution in [2.75, 3.05) is 5.75 Å². The highest BCUT2D eigenvalue weighted by Crippen LogP contribution is 2.19. The van der Waals surface area contributed by atoms with Crippen molar-refractivity contribution < 1.29 is 28.2 Å². The molecule has 2 rings (SSSR count). The minimum Gasteiger partial charge on any atom is -0.391 e. The quantitative estimate of drug-likeness (QED) is 0.489. The summed E-state index contributed by atoms with van der Waals surface area (Å²) in [5.74, 6) is -2.37. The van der Waals surface area contributed by atoms with Crippen molar-refractivity contribution in [1.29, 1.82) is 0 Å². The standard InChI is InChI=1S/C17H23N2O6S/c18-17(23)12-5-2-1-4-11(12)10-26(24,25)9-8-15(22)19-16-13(20)6-3-7-14(16)21/h1-2,4-5,8,13-14,16,20-21H,3,6-7,9-10H2,(H2,18,23)(H,19,22)/t13-,14?,16?/m1/s1. The molecule has 0 heterocycles. The highest BCUT2D eigenvalue weighted by atomic mass is 32.2. The van der Waals surface area contributed by atoms with Crippen LogP contribution in [0.3, 0.4) is 0 Å². The van der Waals surface area contributed by atoms with Crippen LogP contribution < -0.4 is 11.1 Å². The number of amides is 2. The average Bonchev–Trinajstić information content (AvgIpc) is 2.56. The zero-order valence-electron chi connectivity index (χ0n) is 14.2. The van der Waals surface area contributed by atoms with E-state index in [2.05, 4.69) is 5.32 Å². The number of primary amides is 1. The predicted molar refractivity (Wildman–Crippen MR) is 94.5 cm³/mol. The number of nitrogens with one attached hydrogen (secondary N) is 1. The summed E-state index contributed by atoms with van der Waals surface area (Å²) < 4.78 is 24.5. The second-order valence-electron chi connectivity index (χ2n) is 6.38. The van der Waals surface area contributed by atoms with E-state index in [9.17, 15) is 28.2 Å². The van der Waals surface area contributed by atoms with Gasteiger partial charge in [-0.25, -0.2) is 8.42 Å². The molecule has 2 unspecified atom stereocenters. The number of rotatable bonds is 7. The summed E-state index contributed by atoms with van der Waals surface area (Å²) in [6.45, 7) is 0. The Kier molecular flexibility index (Phi) is 6.74. The van der Waals surface area contributed by atoms with Gasteiger partial charge in [0.15, 0.2) is 9.84 Å². The first-order chi connectivity index (χ1) is 12.2. The van der Waals surface area contributed by atoms with Gasteiger partial charge < -0.3 is 21.3 Å². The van der Waals surface area contributed by atoms with E-state index in [1.165, 1.54) is 12.1 Å². The maximum Gasteiger partial charge on any atom is 0.249 e. The van der Waals surface area contributed by atoms with Crippen molar-refractivity contribution in [1.82, 2.24) is 5.32 Å². The topological polar surface area (TPSA) is 147 Å². The third-order valence-corrected chi connectivity index (χ3v) is 5.74. The number of hydrogen-bond acceptors (Lipinski definition) is 6. The van der Waals surface area contributed by atoms with E-state index in [0.29, 0.717) is 19.3 Å². The van der Waals surface area contributed by atoms with Crippen LogP contribution >= 0.6 is 0 Å². The number of carbonyl (C=O) groups excluding carboxylic acids is 2. The lowest BCUT2D eigenvalue weighted by Gasteiger charge is -2.32. The highest BCUT2D eigenvalue weighted by molar-refractivity contribution is 7.90. The SMILES string of the molecule is NC(=O)c1ccccc1CS(=O)(=O)C[CH]C(=O)NC1C(O)CCC[C@H]1O. The molecular formula is C17H23N2O6S. The number of sulfone groups is 1. The number of hydrogen-bond donors (Lipinski definition) is 4. The van der Waals surface area contributed by atoms with Gasteiger partial charge in [0, 0.05) is 5.56 Å². The fraction of sp³-hybridized carbons (Fsp3) is 0.471. The van der Waals surface area contributed by atoms with Crippen LogP contribution in [0.15, 0.2) is 24.3 Å². The molecule has 0 aromatic heterocycles. The average molecular weight is 383 g/mol. The van der Waals surface area contributed by atoms with Crippen molar-refractivity contribution in [3.8, 4) is 0 Å². The van der Waals surface area contributed by atoms with E-state index < -0.39 is 51.4 Å². The normalized spacial score (nSPS) is 23.4.